The van der Waals surface area contributed by atoms with Crippen molar-refractivity contribution < 1.29 is 0 Å². The van der Waals surface area contributed by atoms with E-state index < -0.39 is 0 Å². The number of aromatic nitrogens is 4. The lowest BCUT2D eigenvalue weighted by atomic mass is 10.1. The predicted octanol–water partition coefficient (Wildman–Crippen LogP) is 4.33. The van der Waals surface area contributed by atoms with Crippen molar-refractivity contribution in [1.82, 2.24) is 20.2 Å². The van der Waals surface area contributed by atoms with Gasteiger partial charge >= 0.3 is 0 Å². The van der Waals surface area contributed by atoms with Gasteiger partial charge in [-0.3, -0.25) is 0 Å². The van der Waals surface area contributed by atoms with Crippen molar-refractivity contribution in [3.8, 4) is 5.69 Å². The van der Waals surface area contributed by atoms with Crippen molar-refractivity contribution in [2.45, 2.75) is 24.8 Å². The molecule has 0 saturated carbocycles. The standard InChI is InChI=1S/C16H15BrN4S/c1-11-7-8-15(12(2)9-11)21-16(18-19-20-21)22-10-13-5-3-4-6-14(13)17/h3-9H,10H2,1-2H3. The summed E-state index contributed by atoms with van der Waals surface area (Å²) in [6, 6.07) is 14.5. The number of benzene rings is 2. The molecule has 0 amide bonds. The summed E-state index contributed by atoms with van der Waals surface area (Å²) < 4.78 is 2.91. The normalized spacial score (nSPS) is 10.9. The van der Waals surface area contributed by atoms with Crippen LogP contribution in [0.5, 0.6) is 0 Å². The Hall–Kier alpha value is -1.66. The first-order chi connectivity index (χ1) is 10.6. The molecule has 0 fully saturated rings. The lowest BCUT2D eigenvalue weighted by molar-refractivity contribution is 0.751. The predicted molar refractivity (Wildman–Crippen MR) is 92.3 cm³/mol. The topological polar surface area (TPSA) is 43.6 Å². The summed E-state index contributed by atoms with van der Waals surface area (Å²) in [6.07, 6.45) is 0. The number of rotatable bonds is 4. The zero-order valence-corrected chi connectivity index (χ0v) is 14.7. The maximum Gasteiger partial charge on any atom is 0.214 e. The summed E-state index contributed by atoms with van der Waals surface area (Å²) in [5.74, 6) is 0.812. The van der Waals surface area contributed by atoms with E-state index >= 15 is 0 Å². The van der Waals surface area contributed by atoms with Crippen LogP contribution in [0.15, 0.2) is 52.1 Å². The van der Waals surface area contributed by atoms with Gasteiger partial charge in [0.1, 0.15) is 0 Å². The van der Waals surface area contributed by atoms with Gasteiger partial charge in [-0.15, -0.1) is 5.10 Å². The fraction of sp³-hybridized carbons (Fsp3) is 0.188. The first-order valence-electron chi connectivity index (χ1n) is 6.87. The number of halogens is 1. The number of aryl methyl sites for hydroxylation is 2. The molecule has 1 aromatic heterocycles. The van der Waals surface area contributed by atoms with Crippen LogP contribution < -0.4 is 0 Å². The Kier molecular flexibility index (Phi) is 4.59. The maximum atomic E-state index is 4.15. The van der Waals surface area contributed by atoms with E-state index in [1.165, 1.54) is 11.1 Å². The van der Waals surface area contributed by atoms with Gasteiger partial charge in [-0.1, -0.05) is 63.6 Å². The van der Waals surface area contributed by atoms with E-state index in [1.54, 1.807) is 16.4 Å². The third-order valence-electron chi connectivity index (χ3n) is 3.34. The molecule has 3 rings (SSSR count). The van der Waals surface area contributed by atoms with Crippen LogP contribution in [-0.4, -0.2) is 20.2 Å². The highest BCUT2D eigenvalue weighted by atomic mass is 79.9. The summed E-state index contributed by atoms with van der Waals surface area (Å²) in [5.41, 5.74) is 4.64. The lowest BCUT2D eigenvalue weighted by Gasteiger charge is -2.08. The molecule has 0 bridgehead atoms. The molecule has 0 saturated heterocycles. The van der Waals surface area contributed by atoms with E-state index in [-0.39, 0.29) is 0 Å². The molecule has 6 heteroatoms. The van der Waals surface area contributed by atoms with E-state index in [0.29, 0.717) is 0 Å². The third-order valence-corrected chi connectivity index (χ3v) is 5.08. The molecule has 4 nitrogen and oxygen atoms in total. The van der Waals surface area contributed by atoms with Crippen LogP contribution in [0.4, 0.5) is 0 Å². The Balaban J connectivity index is 1.85. The van der Waals surface area contributed by atoms with Gasteiger partial charge in [-0.2, -0.15) is 4.68 Å². The molecule has 2 aromatic carbocycles. The molecule has 112 valence electrons. The fourth-order valence-corrected chi connectivity index (χ4v) is 3.72. The SMILES string of the molecule is Cc1ccc(-n2nnnc2SCc2ccccc2Br)c(C)c1. The largest absolute Gasteiger partial charge is 0.214 e. The van der Waals surface area contributed by atoms with Crippen molar-refractivity contribution in [3.05, 3.63) is 63.6 Å². The molecule has 0 unspecified atom stereocenters. The van der Waals surface area contributed by atoms with Crippen molar-refractivity contribution >= 4 is 27.7 Å². The molecule has 3 aromatic rings. The maximum absolute atomic E-state index is 4.15. The highest BCUT2D eigenvalue weighted by molar-refractivity contribution is 9.10. The monoisotopic (exact) mass is 374 g/mol. The average molecular weight is 375 g/mol. The van der Waals surface area contributed by atoms with Crippen LogP contribution in [0, 0.1) is 13.8 Å². The Morgan fingerprint density at radius 1 is 1.14 bits per heavy atom. The molecule has 0 atom stereocenters. The van der Waals surface area contributed by atoms with Crippen LogP contribution >= 0.6 is 27.7 Å². The number of hydrogen-bond donors (Lipinski definition) is 0. The van der Waals surface area contributed by atoms with E-state index in [1.807, 2.05) is 18.2 Å². The van der Waals surface area contributed by atoms with Crippen molar-refractivity contribution in [1.29, 1.82) is 0 Å². The number of hydrogen-bond acceptors (Lipinski definition) is 4. The van der Waals surface area contributed by atoms with Gasteiger partial charge in [0.2, 0.25) is 5.16 Å². The van der Waals surface area contributed by atoms with Gasteiger partial charge in [0, 0.05) is 10.2 Å². The highest BCUT2D eigenvalue weighted by Gasteiger charge is 2.12. The minimum absolute atomic E-state index is 0.794. The Labute approximate surface area is 142 Å². The fourth-order valence-electron chi connectivity index (χ4n) is 2.22. The lowest BCUT2D eigenvalue weighted by Crippen LogP contribution is -2.02. The molecule has 0 aliphatic carbocycles. The molecule has 0 aliphatic heterocycles. The zero-order valence-electron chi connectivity index (χ0n) is 12.3. The molecule has 0 radical (unpaired) electrons. The van der Waals surface area contributed by atoms with E-state index in [9.17, 15) is 0 Å². The van der Waals surface area contributed by atoms with Gasteiger partial charge in [0.25, 0.3) is 0 Å². The van der Waals surface area contributed by atoms with Crippen molar-refractivity contribution in [2.24, 2.45) is 0 Å². The zero-order chi connectivity index (χ0) is 15.5. The van der Waals surface area contributed by atoms with Crippen LogP contribution in [0.1, 0.15) is 16.7 Å². The van der Waals surface area contributed by atoms with Gasteiger partial charge in [-0.25, -0.2) is 0 Å². The minimum Gasteiger partial charge on any atom is -0.187 e. The summed E-state index contributed by atoms with van der Waals surface area (Å²) in [6.45, 7) is 4.16. The summed E-state index contributed by atoms with van der Waals surface area (Å²) in [5, 5.41) is 12.9. The summed E-state index contributed by atoms with van der Waals surface area (Å²) in [7, 11) is 0. The molecule has 0 spiro atoms. The Morgan fingerprint density at radius 3 is 2.73 bits per heavy atom. The minimum atomic E-state index is 0.794. The van der Waals surface area contributed by atoms with Crippen molar-refractivity contribution in [3.63, 3.8) is 0 Å². The van der Waals surface area contributed by atoms with Crippen molar-refractivity contribution in [2.75, 3.05) is 0 Å². The number of thioether (sulfide) groups is 1. The molecule has 1 heterocycles. The van der Waals surface area contributed by atoms with Gasteiger partial charge in [0.05, 0.1) is 5.69 Å². The molecule has 22 heavy (non-hydrogen) atoms. The number of tetrazole rings is 1. The van der Waals surface area contributed by atoms with Gasteiger partial charge in [0.15, 0.2) is 0 Å². The smallest absolute Gasteiger partial charge is 0.187 e. The first-order valence-corrected chi connectivity index (χ1v) is 8.65. The number of nitrogens with zero attached hydrogens (tertiary/aromatic N) is 4. The second kappa shape index (κ2) is 6.62. The quantitative estimate of drug-likeness (QED) is 0.637. The first kappa shape index (κ1) is 15.2. The molecular weight excluding hydrogens is 360 g/mol. The Morgan fingerprint density at radius 2 is 1.95 bits per heavy atom. The van der Waals surface area contributed by atoms with E-state index in [0.717, 1.165) is 26.6 Å². The van der Waals surface area contributed by atoms with Crippen LogP contribution in [0.3, 0.4) is 0 Å². The van der Waals surface area contributed by atoms with Crippen LogP contribution in [0.2, 0.25) is 0 Å². The van der Waals surface area contributed by atoms with E-state index in [4.69, 9.17) is 0 Å². The van der Waals surface area contributed by atoms with Crippen LogP contribution in [0.25, 0.3) is 5.69 Å². The highest BCUT2D eigenvalue weighted by Crippen LogP contribution is 2.27. The van der Waals surface area contributed by atoms with Gasteiger partial charge < -0.3 is 0 Å². The molecule has 0 aliphatic rings. The molecule has 0 N–H and O–H groups in total. The third kappa shape index (κ3) is 3.23. The average Bonchev–Trinajstić information content (AvgIpc) is 2.95. The Bertz CT molecular complexity index is 800. The summed E-state index contributed by atoms with van der Waals surface area (Å²) >= 11 is 5.20. The summed E-state index contributed by atoms with van der Waals surface area (Å²) in [4.78, 5) is 0. The van der Waals surface area contributed by atoms with Crippen LogP contribution in [-0.2, 0) is 5.75 Å². The van der Waals surface area contributed by atoms with Gasteiger partial charge in [-0.05, 0) is 47.5 Å². The molecular formula is C16H15BrN4S. The second-order valence-electron chi connectivity index (χ2n) is 5.04. The second-order valence-corrected chi connectivity index (χ2v) is 6.84. The van der Waals surface area contributed by atoms with E-state index in [2.05, 4.69) is 69.6 Å².